The first-order chi connectivity index (χ1) is 10.6. The normalized spacial score (nSPS) is 17.2. The number of hydrogen-bond donors (Lipinski definition) is 1. The molecule has 2 heterocycles. The summed E-state index contributed by atoms with van der Waals surface area (Å²) in [5.74, 6) is -0.447. The minimum Gasteiger partial charge on any atom is -0.369 e. The lowest BCUT2D eigenvalue weighted by Gasteiger charge is -2.18. The number of hydrogen-bond acceptors (Lipinski definition) is 3. The van der Waals surface area contributed by atoms with E-state index in [2.05, 4.69) is 15.2 Å². The lowest BCUT2D eigenvalue weighted by molar-refractivity contribution is 0.551. The second kappa shape index (κ2) is 8.15. The van der Waals surface area contributed by atoms with Crippen molar-refractivity contribution >= 4 is 41.3 Å². The summed E-state index contributed by atoms with van der Waals surface area (Å²) in [6.07, 6.45) is 2.62. The van der Waals surface area contributed by atoms with Crippen molar-refractivity contribution in [1.82, 2.24) is 10.3 Å². The number of anilines is 1. The number of benzene rings is 1. The highest BCUT2D eigenvalue weighted by Gasteiger charge is 2.22. The number of nitrogens with one attached hydrogen (secondary N) is 1. The second-order valence-electron chi connectivity index (χ2n) is 5.40. The number of halogens is 4. The summed E-state index contributed by atoms with van der Waals surface area (Å²) in [5, 5.41) is 4.66. The molecule has 3 nitrogen and oxygen atoms in total. The van der Waals surface area contributed by atoms with E-state index in [1.807, 2.05) is 18.2 Å². The zero-order valence-corrected chi connectivity index (χ0v) is 14.6. The average molecular weight is 377 g/mol. The SMILES string of the molecule is Cl.Fc1ccc(N2CC[C@H](NCc3ccc(Cl)c(Cl)c3)C2)cn1. The largest absolute Gasteiger partial charge is 0.369 e. The maximum absolute atomic E-state index is 12.9. The number of nitrogens with zero attached hydrogens (tertiary/aromatic N) is 2. The van der Waals surface area contributed by atoms with Crippen LogP contribution in [-0.4, -0.2) is 24.1 Å². The molecule has 0 aliphatic carbocycles. The van der Waals surface area contributed by atoms with Crippen LogP contribution in [-0.2, 0) is 6.54 Å². The van der Waals surface area contributed by atoms with Crippen LogP contribution in [0.25, 0.3) is 0 Å². The minimum atomic E-state index is -0.447. The predicted molar refractivity (Wildman–Crippen MR) is 95.4 cm³/mol. The molecule has 7 heteroatoms. The van der Waals surface area contributed by atoms with E-state index in [1.165, 1.54) is 6.07 Å². The van der Waals surface area contributed by atoms with Gasteiger partial charge < -0.3 is 10.2 Å². The highest BCUT2D eigenvalue weighted by atomic mass is 35.5. The van der Waals surface area contributed by atoms with E-state index in [4.69, 9.17) is 23.2 Å². The van der Waals surface area contributed by atoms with Gasteiger partial charge in [-0.3, -0.25) is 0 Å². The van der Waals surface area contributed by atoms with E-state index in [9.17, 15) is 4.39 Å². The number of pyridine rings is 1. The molecular weight excluding hydrogens is 360 g/mol. The molecule has 1 aromatic heterocycles. The van der Waals surface area contributed by atoms with Crippen LogP contribution in [0.1, 0.15) is 12.0 Å². The van der Waals surface area contributed by atoms with Crippen LogP contribution in [0.3, 0.4) is 0 Å². The van der Waals surface area contributed by atoms with Crippen molar-refractivity contribution in [2.24, 2.45) is 0 Å². The van der Waals surface area contributed by atoms with Crippen molar-refractivity contribution in [3.8, 4) is 0 Å². The molecule has 1 aromatic carbocycles. The quantitative estimate of drug-likeness (QED) is 0.806. The molecule has 1 fully saturated rings. The fourth-order valence-corrected chi connectivity index (χ4v) is 2.95. The van der Waals surface area contributed by atoms with Crippen molar-refractivity contribution in [2.75, 3.05) is 18.0 Å². The van der Waals surface area contributed by atoms with E-state index in [1.54, 1.807) is 12.3 Å². The lowest BCUT2D eigenvalue weighted by atomic mass is 10.2. The molecule has 0 unspecified atom stereocenters. The third kappa shape index (κ3) is 4.70. The van der Waals surface area contributed by atoms with Crippen molar-refractivity contribution in [3.05, 3.63) is 58.1 Å². The zero-order chi connectivity index (χ0) is 15.5. The standard InChI is InChI=1S/C16H16Cl2FN3.ClH/c17-14-3-1-11(7-15(14)18)8-20-12-5-6-22(10-12)13-2-4-16(19)21-9-13;/h1-4,7,9,12,20H,5-6,8,10H2;1H/t12-;/m0./s1. The molecule has 2 aromatic rings. The molecule has 0 spiro atoms. The Balaban J connectivity index is 0.00000192. The van der Waals surface area contributed by atoms with Gasteiger partial charge in [0, 0.05) is 25.7 Å². The van der Waals surface area contributed by atoms with Crippen LogP contribution in [0.4, 0.5) is 10.1 Å². The Bertz CT molecular complexity index is 652. The topological polar surface area (TPSA) is 28.2 Å². The molecule has 1 saturated heterocycles. The fourth-order valence-electron chi connectivity index (χ4n) is 2.63. The lowest BCUT2D eigenvalue weighted by Crippen LogP contribution is -2.32. The highest BCUT2D eigenvalue weighted by molar-refractivity contribution is 6.42. The van der Waals surface area contributed by atoms with E-state index in [-0.39, 0.29) is 12.4 Å². The molecule has 1 atom stereocenters. The van der Waals surface area contributed by atoms with Gasteiger partial charge in [0.2, 0.25) is 5.95 Å². The molecule has 0 saturated carbocycles. The maximum atomic E-state index is 12.9. The van der Waals surface area contributed by atoms with Crippen LogP contribution >= 0.6 is 35.6 Å². The van der Waals surface area contributed by atoms with Gasteiger partial charge in [0.1, 0.15) is 0 Å². The molecular formula is C16H17Cl3FN3. The summed E-state index contributed by atoms with van der Waals surface area (Å²) in [7, 11) is 0. The Kier molecular flexibility index (Phi) is 6.48. The molecule has 0 bridgehead atoms. The molecule has 3 rings (SSSR count). The van der Waals surface area contributed by atoms with Crippen molar-refractivity contribution in [2.45, 2.75) is 19.0 Å². The summed E-state index contributed by atoms with van der Waals surface area (Å²) < 4.78 is 12.9. The van der Waals surface area contributed by atoms with Crippen molar-refractivity contribution < 1.29 is 4.39 Å². The molecule has 1 aliphatic heterocycles. The molecule has 23 heavy (non-hydrogen) atoms. The van der Waals surface area contributed by atoms with E-state index in [0.29, 0.717) is 16.1 Å². The highest BCUT2D eigenvalue weighted by Crippen LogP contribution is 2.23. The van der Waals surface area contributed by atoms with Crippen LogP contribution in [0.5, 0.6) is 0 Å². The smallest absolute Gasteiger partial charge is 0.212 e. The first-order valence-electron chi connectivity index (χ1n) is 7.15. The minimum absolute atomic E-state index is 0. The summed E-state index contributed by atoms with van der Waals surface area (Å²) in [5.41, 5.74) is 2.07. The average Bonchev–Trinajstić information content (AvgIpc) is 2.98. The van der Waals surface area contributed by atoms with Crippen molar-refractivity contribution in [1.29, 1.82) is 0 Å². The van der Waals surface area contributed by atoms with Crippen LogP contribution in [0.15, 0.2) is 36.5 Å². The Morgan fingerprint density at radius 1 is 1.22 bits per heavy atom. The molecule has 0 amide bonds. The summed E-state index contributed by atoms with van der Waals surface area (Å²) in [6.45, 7) is 2.57. The van der Waals surface area contributed by atoms with Gasteiger partial charge in [-0.2, -0.15) is 4.39 Å². The van der Waals surface area contributed by atoms with Gasteiger partial charge in [-0.1, -0.05) is 29.3 Å². The van der Waals surface area contributed by atoms with Gasteiger partial charge in [-0.25, -0.2) is 4.98 Å². The van der Waals surface area contributed by atoms with Gasteiger partial charge in [-0.05, 0) is 36.2 Å². The van der Waals surface area contributed by atoms with E-state index < -0.39 is 5.95 Å². The van der Waals surface area contributed by atoms with Gasteiger partial charge >= 0.3 is 0 Å². The van der Waals surface area contributed by atoms with Crippen molar-refractivity contribution in [3.63, 3.8) is 0 Å². The zero-order valence-electron chi connectivity index (χ0n) is 12.3. The van der Waals surface area contributed by atoms with Crippen LogP contribution in [0.2, 0.25) is 10.0 Å². The first kappa shape index (κ1) is 18.3. The number of aromatic nitrogens is 1. The van der Waals surface area contributed by atoms with E-state index in [0.717, 1.165) is 37.3 Å². The summed E-state index contributed by atoms with van der Waals surface area (Å²) in [4.78, 5) is 5.91. The Morgan fingerprint density at radius 2 is 2.04 bits per heavy atom. The summed E-state index contributed by atoms with van der Waals surface area (Å²) >= 11 is 11.9. The van der Waals surface area contributed by atoms with E-state index >= 15 is 0 Å². The molecule has 1 N–H and O–H groups in total. The second-order valence-corrected chi connectivity index (χ2v) is 6.21. The third-order valence-electron chi connectivity index (χ3n) is 3.84. The van der Waals surface area contributed by atoms with Crippen LogP contribution in [0, 0.1) is 5.95 Å². The van der Waals surface area contributed by atoms with Gasteiger partial charge in [0.25, 0.3) is 0 Å². The molecule has 1 aliphatic rings. The maximum Gasteiger partial charge on any atom is 0.212 e. The first-order valence-corrected chi connectivity index (χ1v) is 7.91. The Hall–Kier alpha value is -1.07. The number of rotatable bonds is 4. The monoisotopic (exact) mass is 375 g/mol. The fraction of sp³-hybridized carbons (Fsp3) is 0.312. The Morgan fingerprint density at radius 3 is 2.74 bits per heavy atom. The third-order valence-corrected chi connectivity index (χ3v) is 4.58. The van der Waals surface area contributed by atoms with Gasteiger partial charge in [0.15, 0.2) is 0 Å². The predicted octanol–water partition coefficient (Wildman–Crippen LogP) is 4.32. The summed E-state index contributed by atoms with van der Waals surface area (Å²) in [6, 6.07) is 9.21. The van der Waals surface area contributed by atoms with Gasteiger partial charge in [-0.15, -0.1) is 12.4 Å². The molecule has 124 valence electrons. The Labute approximate surface area is 151 Å². The van der Waals surface area contributed by atoms with Gasteiger partial charge in [0.05, 0.1) is 21.9 Å². The van der Waals surface area contributed by atoms with Crippen LogP contribution < -0.4 is 10.2 Å². The molecule has 0 radical (unpaired) electrons.